The first-order valence-electron chi connectivity index (χ1n) is 5.17. The van der Waals surface area contributed by atoms with Gasteiger partial charge in [-0.25, -0.2) is 9.97 Å². The summed E-state index contributed by atoms with van der Waals surface area (Å²) in [6.45, 7) is 4.06. The Kier molecular flexibility index (Phi) is 3.07. The van der Waals surface area contributed by atoms with E-state index in [0.717, 1.165) is 10.7 Å². The third-order valence-electron chi connectivity index (χ3n) is 2.33. The highest BCUT2D eigenvalue weighted by atomic mass is 32.1. The van der Waals surface area contributed by atoms with E-state index >= 15 is 0 Å². The molecule has 2 heterocycles. The number of thiazole rings is 1. The molecule has 86 valence electrons. The molecule has 17 heavy (non-hydrogen) atoms. The van der Waals surface area contributed by atoms with E-state index in [1.165, 1.54) is 0 Å². The number of nitrogens with one attached hydrogen (secondary N) is 1. The third-order valence-corrected chi connectivity index (χ3v) is 3.42. The fourth-order valence-corrected chi connectivity index (χ4v) is 2.24. The van der Waals surface area contributed by atoms with Crippen LogP contribution < -0.4 is 5.32 Å². The van der Waals surface area contributed by atoms with Gasteiger partial charge < -0.3 is 5.32 Å². The summed E-state index contributed by atoms with van der Waals surface area (Å²) in [6.07, 6.45) is 3.39. The molecule has 2 rings (SSSR count). The highest BCUT2D eigenvalue weighted by molar-refractivity contribution is 7.09. The molecule has 0 saturated heterocycles. The number of aromatic nitrogens is 2. The van der Waals surface area contributed by atoms with E-state index in [4.69, 9.17) is 5.26 Å². The fraction of sp³-hybridized carbons (Fsp3) is 0.250. The summed E-state index contributed by atoms with van der Waals surface area (Å²) in [5.74, 6) is 0. The Labute approximate surface area is 104 Å². The lowest BCUT2D eigenvalue weighted by molar-refractivity contribution is 0.603. The summed E-state index contributed by atoms with van der Waals surface area (Å²) in [4.78, 5) is 8.31. The summed E-state index contributed by atoms with van der Waals surface area (Å²) < 4.78 is 0. The van der Waals surface area contributed by atoms with Gasteiger partial charge in [0.1, 0.15) is 11.1 Å². The lowest BCUT2D eigenvalue weighted by atomic mass is 10.1. The highest BCUT2D eigenvalue weighted by Gasteiger charge is 2.24. The Morgan fingerprint density at radius 1 is 1.35 bits per heavy atom. The summed E-state index contributed by atoms with van der Waals surface area (Å²) in [6, 6.07) is 5.73. The van der Waals surface area contributed by atoms with Crippen LogP contribution in [0.2, 0.25) is 0 Å². The Balaban J connectivity index is 2.30. The van der Waals surface area contributed by atoms with Crippen molar-refractivity contribution in [3.8, 4) is 6.07 Å². The van der Waals surface area contributed by atoms with Gasteiger partial charge >= 0.3 is 0 Å². The van der Waals surface area contributed by atoms with E-state index < -0.39 is 0 Å². The van der Waals surface area contributed by atoms with Gasteiger partial charge in [-0.2, -0.15) is 5.26 Å². The second-order valence-corrected chi connectivity index (χ2v) is 4.99. The molecular weight excluding hydrogens is 232 g/mol. The predicted octanol–water partition coefficient (Wildman–Crippen LogP) is 2.76. The largest absolute Gasteiger partial charge is 0.371 e. The molecule has 0 spiro atoms. The molecule has 0 bridgehead atoms. The maximum absolute atomic E-state index is 8.98. The van der Waals surface area contributed by atoms with E-state index in [0.29, 0.717) is 5.69 Å². The minimum atomic E-state index is -0.317. The van der Waals surface area contributed by atoms with Crippen molar-refractivity contribution in [2.45, 2.75) is 19.4 Å². The van der Waals surface area contributed by atoms with Crippen LogP contribution in [-0.2, 0) is 5.54 Å². The molecule has 2 aromatic rings. The van der Waals surface area contributed by atoms with Crippen molar-refractivity contribution in [3.63, 3.8) is 0 Å². The number of rotatable bonds is 3. The van der Waals surface area contributed by atoms with Crippen LogP contribution in [-0.4, -0.2) is 9.97 Å². The van der Waals surface area contributed by atoms with Crippen LogP contribution in [0, 0.1) is 11.3 Å². The van der Waals surface area contributed by atoms with Gasteiger partial charge in [-0.05, 0) is 26.0 Å². The summed E-state index contributed by atoms with van der Waals surface area (Å²) >= 11 is 1.59. The van der Waals surface area contributed by atoms with Crippen molar-refractivity contribution >= 4 is 17.0 Å². The monoisotopic (exact) mass is 244 g/mol. The summed E-state index contributed by atoms with van der Waals surface area (Å²) in [5, 5.41) is 15.2. The first kappa shape index (κ1) is 11.6. The zero-order valence-electron chi connectivity index (χ0n) is 9.64. The maximum atomic E-state index is 8.98. The van der Waals surface area contributed by atoms with Gasteiger partial charge in [0.2, 0.25) is 0 Å². The average Bonchev–Trinajstić information content (AvgIpc) is 2.83. The van der Waals surface area contributed by atoms with Gasteiger partial charge in [0.05, 0.1) is 11.2 Å². The second-order valence-electron chi connectivity index (χ2n) is 4.10. The fourth-order valence-electron chi connectivity index (χ4n) is 1.52. The minimum absolute atomic E-state index is 0.317. The molecule has 1 N–H and O–H groups in total. The number of nitriles is 1. The third kappa shape index (κ3) is 2.43. The molecule has 2 aromatic heterocycles. The van der Waals surface area contributed by atoms with E-state index in [-0.39, 0.29) is 5.54 Å². The minimum Gasteiger partial charge on any atom is -0.371 e. The van der Waals surface area contributed by atoms with Gasteiger partial charge in [-0.15, -0.1) is 11.3 Å². The van der Waals surface area contributed by atoms with Crippen LogP contribution in [0.25, 0.3) is 0 Å². The number of pyridine rings is 1. The van der Waals surface area contributed by atoms with Gasteiger partial charge in [-0.1, -0.05) is 0 Å². The molecule has 0 atom stereocenters. The predicted molar refractivity (Wildman–Crippen MR) is 67.7 cm³/mol. The second kappa shape index (κ2) is 4.52. The average molecular weight is 244 g/mol. The molecule has 4 nitrogen and oxygen atoms in total. The topological polar surface area (TPSA) is 61.6 Å². The lowest BCUT2D eigenvalue weighted by Crippen LogP contribution is -2.28. The van der Waals surface area contributed by atoms with Crippen molar-refractivity contribution in [3.05, 3.63) is 40.6 Å². The number of hydrogen-bond donors (Lipinski definition) is 1. The van der Waals surface area contributed by atoms with Crippen LogP contribution in [0.5, 0.6) is 0 Å². The Hall–Kier alpha value is -1.93. The van der Waals surface area contributed by atoms with E-state index in [2.05, 4.69) is 21.4 Å². The molecule has 0 unspecified atom stereocenters. The van der Waals surface area contributed by atoms with Gasteiger partial charge in [-0.3, -0.25) is 0 Å². The van der Waals surface area contributed by atoms with E-state index in [1.807, 2.05) is 25.3 Å². The van der Waals surface area contributed by atoms with Gasteiger partial charge in [0.25, 0.3) is 0 Å². The number of nitrogens with zero attached hydrogens (tertiary/aromatic N) is 3. The van der Waals surface area contributed by atoms with Crippen LogP contribution in [0.3, 0.4) is 0 Å². The molecule has 0 saturated carbocycles. The Bertz CT molecular complexity index is 540. The van der Waals surface area contributed by atoms with Crippen LogP contribution in [0.1, 0.15) is 24.5 Å². The Morgan fingerprint density at radius 2 is 2.18 bits per heavy atom. The van der Waals surface area contributed by atoms with Gasteiger partial charge in [0, 0.05) is 17.8 Å². The first-order valence-corrected chi connectivity index (χ1v) is 6.05. The highest BCUT2D eigenvalue weighted by Crippen LogP contribution is 2.27. The normalized spacial score (nSPS) is 10.9. The molecule has 0 radical (unpaired) electrons. The number of hydrogen-bond acceptors (Lipinski definition) is 5. The standard InChI is InChI=1S/C12H12N4S/c1-12(2,11-15-6-7-17-11)16-9-4-3-5-14-10(9)8-13/h3-7,16H,1-2H3. The van der Waals surface area contributed by atoms with Crippen LogP contribution in [0.4, 0.5) is 5.69 Å². The maximum Gasteiger partial charge on any atom is 0.163 e. The van der Waals surface area contributed by atoms with Crippen molar-refractivity contribution in [1.82, 2.24) is 9.97 Å². The smallest absolute Gasteiger partial charge is 0.163 e. The lowest BCUT2D eigenvalue weighted by Gasteiger charge is -2.25. The van der Waals surface area contributed by atoms with E-state index in [9.17, 15) is 0 Å². The molecule has 0 amide bonds. The van der Waals surface area contributed by atoms with Crippen LogP contribution in [0.15, 0.2) is 29.9 Å². The number of anilines is 1. The van der Waals surface area contributed by atoms with Crippen molar-refractivity contribution < 1.29 is 0 Å². The Morgan fingerprint density at radius 3 is 2.82 bits per heavy atom. The molecule has 0 aliphatic rings. The molecule has 0 aliphatic carbocycles. The molecule has 0 aliphatic heterocycles. The van der Waals surface area contributed by atoms with Crippen LogP contribution >= 0.6 is 11.3 Å². The van der Waals surface area contributed by atoms with Gasteiger partial charge in [0.15, 0.2) is 5.69 Å². The zero-order chi connectivity index (χ0) is 12.3. The zero-order valence-corrected chi connectivity index (χ0v) is 10.5. The molecular formula is C12H12N4S. The van der Waals surface area contributed by atoms with Crippen molar-refractivity contribution in [1.29, 1.82) is 5.26 Å². The van der Waals surface area contributed by atoms with Crippen molar-refractivity contribution in [2.24, 2.45) is 0 Å². The van der Waals surface area contributed by atoms with E-state index in [1.54, 1.807) is 29.8 Å². The molecule has 0 fully saturated rings. The molecule has 0 aromatic carbocycles. The molecule has 5 heteroatoms. The summed E-state index contributed by atoms with van der Waals surface area (Å²) in [5.41, 5.74) is 0.815. The summed E-state index contributed by atoms with van der Waals surface area (Å²) in [7, 11) is 0. The van der Waals surface area contributed by atoms with Crippen molar-refractivity contribution in [2.75, 3.05) is 5.32 Å². The first-order chi connectivity index (χ1) is 8.13. The quantitative estimate of drug-likeness (QED) is 0.901. The SMILES string of the molecule is CC(C)(Nc1cccnc1C#N)c1nccs1.